The second-order valence-electron chi connectivity index (χ2n) is 7.28. The Labute approximate surface area is 188 Å². The van der Waals surface area contributed by atoms with Crippen molar-refractivity contribution in [3.63, 3.8) is 0 Å². The van der Waals surface area contributed by atoms with Gasteiger partial charge in [-0.1, -0.05) is 34.1 Å². The van der Waals surface area contributed by atoms with Crippen molar-refractivity contribution in [3.05, 3.63) is 86.4 Å². The van der Waals surface area contributed by atoms with Crippen LogP contribution < -0.4 is 10.5 Å². The first-order chi connectivity index (χ1) is 15.0. The molecule has 2 aliphatic rings. The number of nitriles is 2. The summed E-state index contributed by atoms with van der Waals surface area (Å²) in [5, 5.41) is 19.2. The summed E-state index contributed by atoms with van der Waals surface area (Å²) < 4.78 is 12.5. The lowest BCUT2D eigenvalue weighted by Crippen LogP contribution is -2.27. The molecule has 7 heteroatoms. The van der Waals surface area contributed by atoms with Gasteiger partial charge in [-0.15, -0.1) is 0 Å². The number of halogens is 1. The first-order valence-corrected chi connectivity index (χ1v) is 10.6. The molecule has 0 unspecified atom stereocenters. The van der Waals surface area contributed by atoms with Crippen LogP contribution in [0, 0.1) is 22.7 Å². The monoisotopic (exact) mass is 475 g/mol. The standard InChI is InChI=1S/C24H18BrN3O3/c25-16-8-9-20(30-13-15-5-2-1-4-14(15)11-26)17(10-16)22-18(12-27)24(28)31-21-7-3-6-19(29)23(21)22/h1-2,4-5,8-10,22H,3,6-7,13,28H2/t22-/m1/s1. The summed E-state index contributed by atoms with van der Waals surface area (Å²) in [6, 6.07) is 16.9. The molecule has 2 aromatic carbocycles. The molecule has 1 aliphatic heterocycles. The van der Waals surface area contributed by atoms with E-state index in [0.717, 1.165) is 10.0 Å². The van der Waals surface area contributed by atoms with E-state index in [-0.39, 0.29) is 23.8 Å². The molecule has 1 heterocycles. The van der Waals surface area contributed by atoms with E-state index < -0.39 is 5.92 Å². The number of benzene rings is 2. The van der Waals surface area contributed by atoms with Gasteiger partial charge in [0.15, 0.2) is 5.78 Å². The SMILES string of the molecule is N#CC1=C(N)OC2=C(C(=O)CCC2)[C@@H]1c1cc(Br)ccc1OCc1ccccc1C#N. The van der Waals surface area contributed by atoms with Crippen LogP contribution in [0.25, 0.3) is 0 Å². The molecule has 0 saturated carbocycles. The molecule has 2 N–H and O–H groups in total. The van der Waals surface area contributed by atoms with Crippen LogP contribution in [0.3, 0.4) is 0 Å². The van der Waals surface area contributed by atoms with E-state index in [2.05, 4.69) is 28.1 Å². The number of rotatable bonds is 4. The number of carbonyl (C=O) groups is 1. The Kier molecular flexibility index (Phi) is 5.79. The number of ether oxygens (including phenoxy) is 2. The number of allylic oxidation sites excluding steroid dienone is 3. The zero-order valence-corrected chi connectivity index (χ0v) is 18.1. The molecule has 6 nitrogen and oxygen atoms in total. The molecule has 0 saturated heterocycles. The maximum Gasteiger partial charge on any atom is 0.205 e. The first kappa shape index (κ1) is 20.7. The maximum absolute atomic E-state index is 12.8. The average Bonchev–Trinajstić information content (AvgIpc) is 2.77. The number of nitrogens with two attached hydrogens (primary N) is 1. The molecule has 0 fully saturated rings. The van der Waals surface area contributed by atoms with E-state index in [1.807, 2.05) is 24.3 Å². The Bertz CT molecular complexity index is 1220. The first-order valence-electron chi connectivity index (χ1n) is 9.77. The van der Waals surface area contributed by atoms with Gasteiger partial charge in [0.1, 0.15) is 29.8 Å². The Hall–Kier alpha value is -3.55. The van der Waals surface area contributed by atoms with E-state index in [9.17, 15) is 15.3 Å². The summed E-state index contributed by atoms with van der Waals surface area (Å²) in [7, 11) is 0. The Morgan fingerprint density at radius 3 is 2.74 bits per heavy atom. The molecule has 1 aliphatic carbocycles. The van der Waals surface area contributed by atoms with Gasteiger partial charge in [0, 0.05) is 34.0 Å². The molecule has 1 atom stereocenters. The Balaban J connectivity index is 1.79. The van der Waals surface area contributed by atoms with Crippen LogP contribution in [0.1, 0.15) is 41.9 Å². The van der Waals surface area contributed by atoms with E-state index in [1.54, 1.807) is 18.2 Å². The fraction of sp³-hybridized carbons (Fsp3) is 0.208. The van der Waals surface area contributed by atoms with Crippen molar-refractivity contribution in [1.29, 1.82) is 10.5 Å². The minimum Gasteiger partial charge on any atom is -0.489 e. The summed E-state index contributed by atoms with van der Waals surface area (Å²) in [5.41, 5.74) is 8.64. The van der Waals surface area contributed by atoms with E-state index in [0.29, 0.717) is 47.5 Å². The van der Waals surface area contributed by atoms with Crippen LogP contribution in [-0.4, -0.2) is 5.78 Å². The third kappa shape index (κ3) is 3.93. The predicted octanol–water partition coefficient (Wildman–Crippen LogP) is 4.71. The normalized spacial score (nSPS) is 18.0. The molecular formula is C24H18BrN3O3. The van der Waals surface area contributed by atoms with Gasteiger partial charge in [-0.3, -0.25) is 4.79 Å². The lowest BCUT2D eigenvalue weighted by Gasteiger charge is -2.31. The fourth-order valence-electron chi connectivity index (χ4n) is 3.95. The highest BCUT2D eigenvalue weighted by molar-refractivity contribution is 9.10. The smallest absolute Gasteiger partial charge is 0.205 e. The molecule has 0 amide bonds. The van der Waals surface area contributed by atoms with Crippen LogP contribution in [0.2, 0.25) is 0 Å². The molecule has 4 rings (SSSR count). The van der Waals surface area contributed by atoms with E-state index in [1.165, 1.54) is 0 Å². The number of ketones is 1. The third-order valence-electron chi connectivity index (χ3n) is 5.41. The van der Waals surface area contributed by atoms with Crippen LogP contribution in [-0.2, 0) is 16.1 Å². The zero-order valence-electron chi connectivity index (χ0n) is 16.5. The summed E-state index contributed by atoms with van der Waals surface area (Å²) in [5.74, 6) is 0.335. The number of hydrogen-bond donors (Lipinski definition) is 1. The summed E-state index contributed by atoms with van der Waals surface area (Å²) in [6.07, 6.45) is 1.68. The van der Waals surface area contributed by atoms with Crippen molar-refractivity contribution in [1.82, 2.24) is 0 Å². The number of hydrogen-bond acceptors (Lipinski definition) is 6. The topological polar surface area (TPSA) is 109 Å². The van der Waals surface area contributed by atoms with Crippen LogP contribution in [0.15, 0.2) is 69.7 Å². The van der Waals surface area contributed by atoms with E-state index >= 15 is 0 Å². The average molecular weight is 476 g/mol. The van der Waals surface area contributed by atoms with Crippen LogP contribution >= 0.6 is 15.9 Å². The highest BCUT2D eigenvalue weighted by Gasteiger charge is 2.39. The van der Waals surface area contributed by atoms with Crippen LogP contribution in [0.4, 0.5) is 0 Å². The second-order valence-corrected chi connectivity index (χ2v) is 8.19. The van der Waals surface area contributed by atoms with Crippen molar-refractivity contribution >= 4 is 21.7 Å². The van der Waals surface area contributed by atoms with Gasteiger partial charge in [-0.25, -0.2) is 0 Å². The number of nitrogens with zero attached hydrogens (tertiary/aromatic N) is 2. The lowest BCUT2D eigenvalue weighted by molar-refractivity contribution is -0.116. The summed E-state index contributed by atoms with van der Waals surface area (Å²) in [6.45, 7) is 0.169. The molecule has 2 aromatic rings. The van der Waals surface area contributed by atoms with Crippen molar-refractivity contribution < 1.29 is 14.3 Å². The minimum atomic E-state index is -0.666. The van der Waals surface area contributed by atoms with Crippen molar-refractivity contribution in [2.24, 2.45) is 5.73 Å². The highest BCUT2D eigenvalue weighted by atomic mass is 79.9. The molecule has 154 valence electrons. The molecule has 0 spiro atoms. The maximum atomic E-state index is 12.8. The molecule has 0 aromatic heterocycles. The molecular weight excluding hydrogens is 458 g/mol. The van der Waals surface area contributed by atoms with Gasteiger partial charge in [0.25, 0.3) is 0 Å². The third-order valence-corrected chi connectivity index (χ3v) is 5.90. The van der Waals surface area contributed by atoms with Gasteiger partial charge < -0.3 is 15.2 Å². The molecule has 0 radical (unpaired) electrons. The Morgan fingerprint density at radius 2 is 1.97 bits per heavy atom. The number of Topliss-reactive ketones (excluding diaryl/α,β-unsaturated/α-hetero) is 1. The second kappa shape index (κ2) is 8.67. The minimum absolute atomic E-state index is 0.0155. The van der Waals surface area contributed by atoms with Crippen molar-refractivity contribution in [3.8, 4) is 17.9 Å². The van der Waals surface area contributed by atoms with Crippen LogP contribution in [0.5, 0.6) is 5.75 Å². The van der Waals surface area contributed by atoms with Gasteiger partial charge in [0.05, 0.1) is 17.6 Å². The van der Waals surface area contributed by atoms with Crippen molar-refractivity contribution in [2.45, 2.75) is 31.8 Å². The van der Waals surface area contributed by atoms with E-state index in [4.69, 9.17) is 15.2 Å². The highest BCUT2D eigenvalue weighted by Crippen LogP contribution is 2.46. The zero-order chi connectivity index (χ0) is 22.0. The summed E-state index contributed by atoms with van der Waals surface area (Å²) >= 11 is 3.48. The largest absolute Gasteiger partial charge is 0.489 e. The van der Waals surface area contributed by atoms with Gasteiger partial charge in [-0.2, -0.15) is 10.5 Å². The van der Waals surface area contributed by atoms with Gasteiger partial charge in [0.2, 0.25) is 5.88 Å². The molecule has 31 heavy (non-hydrogen) atoms. The van der Waals surface area contributed by atoms with Gasteiger partial charge in [-0.05, 0) is 30.7 Å². The lowest BCUT2D eigenvalue weighted by atomic mass is 9.77. The van der Waals surface area contributed by atoms with Gasteiger partial charge >= 0.3 is 0 Å². The fourth-order valence-corrected chi connectivity index (χ4v) is 4.33. The summed E-state index contributed by atoms with van der Waals surface area (Å²) in [4.78, 5) is 12.8. The van der Waals surface area contributed by atoms with Crippen molar-refractivity contribution in [2.75, 3.05) is 0 Å². The molecule has 0 bridgehead atoms. The Morgan fingerprint density at radius 1 is 1.16 bits per heavy atom. The number of carbonyl (C=O) groups excluding carboxylic acids is 1. The predicted molar refractivity (Wildman–Crippen MR) is 116 cm³/mol. The quantitative estimate of drug-likeness (QED) is 0.685.